The van der Waals surface area contributed by atoms with Crippen LogP contribution in [0, 0.1) is 5.92 Å². The summed E-state index contributed by atoms with van der Waals surface area (Å²) < 4.78 is 0. The summed E-state index contributed by atoms with van der Waals surface area (Å²) >= 11 is 0. The predicted octanol–water partition coefficient (Wildman–Crippen LogP) is 0.893. The summed E-state index contributed by atoms with van der Waals surface area (Å²) in [4.78, 5) is 25.0. The number of likely N-dealkylation sites (N-methyl/N-ethyl adjacent to an activating group) is 1. The molecule has 0 spiro atoms. The van der Waals surface area contributed by atoms with Crippen LogP contribution in [0.1, 0.15) is 27.2 Å². The van der Waals surface area contributed by atoms with Crippen molar-refractivity contribution in [3.63, 3.8) is 0 Å². The largest absolute Gasteiger partial charge is 0.328 e. The van der Waals surface area contributed by atoms with Crippen molar-refractivity contribution >= 4 is 11.8 Å². The Morgan fingerprint density at radius 1 is 1.47 bits per heavy atom. The van der Waals surface area contributed by atoms with Crippen molar-refractivity contribution in [3.05, 3.63) is 11.8 Å². The summed E-state index contributed by atoms with van der Waals surface area (Å²) in [6, 6.07) is -0.332. The van der Waals surface area contributed by atoms with Crippen LogP contribution in [0.25, 0.3) is 0 Å². The SMILES string of the molecule is C/C=C1\NC(=O)[C@H](CC(C)C)N(C)C1=O. The monoisotopic (exact) mass is 210 g/mol. The van der Waals surface area contributed by atoms with E-state index in [1.54, 1.807) is 20.0 Å². The van der Waals surface area contributed by atoms with Gasteiger partial charge in [-0.05, 0) is 19.3 Å². The summed E-state index contributed by atoms with van der Waals surface area (Å²) in [7, 11) is 1.68. The molecule has 1 rings (SSSR count). The van der Waals surface area contributed by atoms with Gasteiger partial charge in [-0.1, -0.05) is 19.9 Å². The first-order valence-corrected chi connectivity index (χ1v) is 5.21. The molecular weight excluding hydrogens is 192 g/mol. The quantitative estimate of drug-likeness (QED) is 0.688. The maximum Gasteiger partial charge on any atom is 0.270 e. The van der Waals surface area contributed by atoms with E-state index in [9.17, 15) is 9.59 Å². The van der Waals surface area contributed by atoms with Crippen LogP contribution in [-0.2, 0) is 9.59 Å². The van der Waals surface area contributed by atoms with E-state index < -0.39 is 0 Å². The van der Waals surface area contributed by atoms with E-state index in [2.05, 4.69) is 5.32 Å². The van der Waals surface area contributed by atoms with Crippen LogP contribution in [0.15, 0.2) is 11.8 Å². The molecule has 1 N–H and O–H groups in total. The van der Waals surface area contributed by atoms with Crippen molar-refractivity contribution in [1.82, 2.24) is 10.2 Å². The first-order valence-electron chi connectivity index (χ1n) is 5.21. The molecule has 0 aromatic rings. The van der Waals surface area contributed by atoms with Crippen molar-refractivity contribution in [2.45, 2.75) is 33.2 Å². The van der Waals surface area contributed by atoms with E-state index in [-0.39, 0.29) is 17.9 Å². The van der Waals surface area contributed by atoms with Crippen LogP contribution in [0.5, 0.6) is 0 Å². The Balaban J connectivity index is 2.85. The zero-order chi connectivity index (χ0) is 11.6. The lowest BCUT2D eigenvalue weighted by Crippen LogP contribution is -2.55. The molecule has 1 aliphatic heterocycles. The highest BCUT2D eigenvalue weighted by Gasteiger charge is 2.34. The molecule has 0 unspecified atom stereocenters. The third-order valence-corrected chi connectivity index (χ3v) is 2.56. The summed E-state index contributed by atoms with van der Waals surface area (Å²) in [5.41, 5.74) is 0.377. The second-order valence-corrected chi connectivity index (χ2v) is 4.25. The highest BCUT2D eigenvalue weighted by Crippen LogP contribution is 2.16. The van der Waals surface area contributed by atoms with Gasteiger partial charge in [0, 0.05) is 7.05 Å². The van der Waals surface area contributed by atoms with Crippen LogP contribution < -0.4 is 5.32 Å². The molecule has 0 saturated carbocycles. The normalized spacial score (nSPS) is 25.0. The zero-order valence-corrected chi connectivity index (χ0v) is 9.70. The summed E-state index contributed by atoms with van der Waals surface area (Å²) in [5.74, 6) is 0.199. The third kappa shape index (κ3) is 2.37. The van der Waals surface area contributed by atoms with Gasteiger partial charge in [0.05, 0.1) is 0 Å². The minimum Gasteiger partial charge on any atom is -0.328 e. The number of nitrogens with zero attached hydrogens (tertiary/aromatic N) is 1. The Morgan fingerprint density at radius 3 is 2.53 bits per heavy atom. The lowest BCUT2D eigenvalue weighted by Gasteiger charge is -2.33. The lowest BCUT2D eigenvalue weighted by atomic mass is 10.00. The zero-order valence-electron chi connectivity index (χ0n) is 9.70. The van der Waals surface area contributed by atoms with Gasteiger partial charge in [0.25, 0.3) is 5.91 Å². The van der Waals surface area contributed by atoms with Crippen LogP contribution in [0.2, 0.25) is 0 Å². The number of carbonyl (C=O) groups is 2. The number of allylic oxidation sites excluding steroid dienone is 1. The fourth-order valence-electron chi connectivity index (χ4n) is 1.68. The standard InChI is InChI=1S/C11H18N2O2/c1-5-8-11(15)13(4)9(6-7(2)3)10(14)12-8/h5,7,9H,6H2,1-4H3,(H,12,14)/b8-5-/t9-/m0/s1. The Hall–Kier alpha value is -1.32. The topological polar surface area (TPSA) is 49.4 Å². The molecule has 0 aromatic carbocycles. The molecule has 1 atom stereocenters. The number of piperazine rings is 1. The average molecular weight is 210 g/mol. The Kier molecular flexibility index (Phi) is 3.50. The summed E-state index contributed by atoms with van der Waals surface area (Å²) in [6.45, 7) is 5.82. The first-order chi connectivity index (χ1) is 6.97. The van der Waals surface area contributed by atoms with Gasteiger partial charge in [0.15, 0.2) is 0 Å². The second kappa shape index (κ2) is 4.47. The Morgan fingerprint density at radius 2 is 2.07 bits per heavy atom. The van der Waals surface area contributed by atoms with Crippen molar-refractivity contribution in [1.29, 1.82) is 0 Å². The van der Waals surface area contributed by atoms with Gasteiger partial charge in [0.1, 0.15) is 11.7 Å². The number of nitrogens with one attached hydrogen (secondary N) is 1. The molecule has 1 heterocycles. The molecule has 2 amide bonds. The van der Waals surface area contributed by atoms with Crippen molar-refractivity contribution in [2.24, 2.45) is 5.92 Å². The maximum absolute atomic E-state index is 11.7. The van der Waals surface area contributed by atoms with Crippen molar-refractivity contribution < 1.29 is 9.59 Å². The molecule has 4 nitrogen and oxygen atoms in total. The van der Waals surface area contributed by atoms with Crippen molar-refractivity contribution in [3.8, 4) is 0 Å². The summed E-state index contributed by atoms with van der Waals surface area (Å²) in [5, 5.41) is 2.63. The number of amides is 2. The Bertz CT molecular complexity index is 308. The van der Waals surface area contributed by atoms with Gasteiger partial charge in [0.2, 0.25) is 5.91 Å². The highest BCUT2D eigenvalue weighted by atomic mass is 16.2. The number of hydrogen-bond donors (Lipinski definition) is 1. The molecule has 84 valence electrons. The van der Waals surface area contributed by atoms with E-state index >= 15 is 0 Å². The summed E-state index contributed by atoms with van der Waals surface area (Å²) in [6.07, 6.45) is 2.33. The van der Waals surface area contributed by atoms with Gasteiger partial charge in [-0.3, -0.25) is 9.59 Å². The molecule has 0 bridgehead atoms. The van der Waals surface area contributed by atoms with Crippen LogP contribution in [0.3, 0.4) is 0 Å². The van der Waals surface area contributed by atoms with Gasteiger partial charge in [-0.25, -0.2) is 0 Å². The van der Waals surface area contributed by atoms with Crippen LogP contribution in [0.4, 0.5) is 0 Å². The smallest absolute Gasteiger partial charge is 0.270 e. The molecule has 1 aliphatic rings. The minimum atomic E-state index is -0.332. The van der Waals surface area contributed by atoms with Gasteiger partial charge in [-0.15, -0.1) is 0 Å². The molecule has 0 aliphatic carbocycles. The molecule has 15 heavy (non-hydrogen) atoms. The number of rotatable bonds is 2. The highest BCUT2D eigenvalue weighted by molar-refractivity contribution is 6.04. The molecular formula is C11H18N2O2. The third-order valence-electron chi connectivity index (χ3n) is 2.56. The van der Waals surface area contributed by atoms with Crippen LogP contribution >= 0.6 is 0 Å². The molecule has 1 fully saturated rings. The van der Waals surface area contributed by atoms with E-state index in [0.29, 0.717) is 18.0 Å². The maximum atomic E-state index is 11.7. The Labute approximate surface area is 90.3 Å². The second-order valence-electron chi connectivity index (χ2n) is 4.25. The van der Waals surface area contributed by atoms with E-state index in [1.807, 2.05) is 13.8 Å². The molecule has 4 heteroatoms. The van der Waals surface area contributed by atoms with Gasteiger partial charge in [-0.2, -0.15) is 0 Å². The predicted molar refractivity (Wildman–Crippen MR) is 57.9 cm³/mol. The lowest BCUT2D eigenvalue weighted by molar-refractivity contribution is -0.141. The fourth-order valence-corrected chi connectivity index (χ4v) is 1.68. The number of carbonyl (C=O) groups excluding carboxylic acids is 2. The fraction of sp³-hybridized carbons (Fsp3) is 0.636. The van der Waals surface area contributed by atoms with E-state index in [1.165, 1.54) is 4.90 Å². The van der Waals surface area contributed by atoms with E-state index in [0.717, 1.165) is 0 Å². The molecule has 1 saturated heterocycles. The first kappa shape index (κ1) is 11.8. The van der Waals surface area contributed by atoms with Crippen molar-refractivity contribution in [2.75, 3.05) is 7.05 Å². The molecule has 0 aromatic heterocycles. The van der Waals surface area contributed by atoms with Crippen LogP contribution in [-0.4, -0.2) is 29.8 Å². The number of hydrogen-bond acceptors (Lipinski definition) is 2. The van der Waals surface area contributed by atoms with Gasteiger partial charge >= 0.3 is 0 Å². The van der Waals surface area contributed by atoms with E-state index in [4.69, 9.17) is 0 Å². The molecule has 0 radical (unpaired) electrons. The minimum absolute atomic E-state index is 0.0844. The average Bonchev–Trinajstić information content (AvgIpc) is 2.18. The van der Waals surface area contributed by atoms with Gasteiger partial charge < -0.3 is 10.2 Å².